The number of hydrogen-bond donors (Lipinski definition) is 0. The van der Waals surface area contributed by atoms with Crippen molar-refractivity contribution >= 4 is 28.6 Å². The average molecular weight is 256 g/mol. The Labute approximate surface area is 75.5 Å². The standard InChI is InChI=1S/C7H13IO2/c1-6(2)3-4-7(9)10-5-8/h6H,3-5H2,1-2H3. The van der Waals surface area contributed by atoms with E-state index in [1.165, 1.54) is 0 Å². The van der Waals surface area contributed by atoms with Crippen LogP contribution in [-0.2, 0) is 9.53 Å². The Bertz CT molecular complexity index is 102. The van der Waals surface area contributed by atoms with Crippen molar-refractivity contribution in [3.8, 4) is 0 Å². The fourth-order valence-corrected chi connectivity index (χ4v) is 0.887. The molecule has 0 rings (SSSR count). The average Bonchev–Trinajstić information content (AvgIpc) is 1.85. The van der Waals surface area contributed by atoms with Crippen molar-refractivity contribution in [3.05, 3.63) is 0 Å². The Hall–Kier alpha value is 0.200. The first-order valence-electron chi connectivity index (χ1n) is 3.38. The Balaban J connectivity index is 3.22. The summed E-state index contributed by atoms with van der Waals surface area (Å²) < 4.78 is 5.21. The second-order valence-corrected chi connectivity index (χ2v) is 3.18. The summed E-state index contributed by atoms with van der Waals surface area (Å²) in [5.74, 6) is 0.505. The SMILES string of the molecule is CC(C)CCC(=O)OCI. The van der Waals surface area contributed by atoms with Crippen LogP contribution in [0, 0.1) is 5.92 Å². The van der Waals surface area contributed by atoms with E-state index in [1.54, 1.807) is 0 Å². The van der Waals surface area contributed by atoms with Crippen LogP contribution in [0.3, 0.4) is 0 Å². The van der Waals surface area contributed by atoms with Crippen molar-refractivity contribution < 1.29 is 9.53 Å². The van der Waals surface area contributed by atoms with Crippen LogP contribution >= 0.6 is 22.6 Å². The molecule has 2 nitrogen and oxygen atoms in total. The molecule has 0 N–H and O–H groups in total. The third-order valence-electron chi connectivity index (χ3n) is 1.14. The molecule has 0 saturated carbocycles. The molecule has 0 aliphatic carbocycles. The fourth-order valence-electron chi connectivity index (χ4n) is 0.540. The Kier molecular flexibility index (Phi) is 6.06. The van der Waals surface area contributed by atoms with E-state index in [0.717, 1.165) is 6.42 Å². The Morgan fingerprint density at radius 2 is 2.20 bits per heavy atom. The highest BCUT2D eigenvalue weighted by Gasteiger charge is 2.02. The zero-order chi connectivity index (χ0) is 7.98. The largest absolute Gasteiger partial charge is 0.455 e. The van der Waals surface area contributed by atoms with Crippen LogP contribution in [0.1, 0.15) is 26.7 Å². The lowest BCUT2D eigenvalue weighted by atomic mass is 10.1. The molecule has 0 aromatic carbocycles. The summed E-state index contributed by atoms with van der Waals surface area (Å²) in [6.45, 7) is 4.19. The van der Waals surface area contributed by atoms with Gasteiger partial charge < -0.3 is 4.74 Å². The lowest BCUT2D eigenvalue weighted by Gasteiger charge is -2.02. The van der Waals surface area contributed by atoms with Gasteiger partial charge in [-0.25, -0.2) is 0 Å². The number of alkyl halides is 1. The summed E-state index contributed by atoms with van der Waals surface area (Å²) in [4.78, 5) is 10.7. The second kappa shape index (κ2) is 5.95. The van der Waals surface area contributed by atoms with E-state index in [1.807, 2.05) is 22.6 Å². The van der Waals surface area contributed by atoms with Gasteiger partial charge in [0.05, 0.1) is 0 Å². The molecule has 0 aromatic rings. The highest BCUT2D eigenvalue weighted by atomic mass is 127. The van der Waals surface area contributed by atoms with Crippen molar-refractivity contribution in [2.24, 2.45) is 5.92 Å². The molecule has 0 saturated heterocycles. The molecule has 10 heavy (non-hydrogen) atoms. The minimum Gasteiger partial charge on any atom is -0.455 e. The predicted octanol–water partition coefficient (Wildman–Crippen LogP) is 2.36. The fraction of sp³-hybridized carbons (Fsp3) is 0.857. The van der Waals surface area contributed by atoms with E-state index in [9.17, 15) is 4.79 Å². The molecule has 0 amide bonds. The summed E-state index contributed by atoms with van der Waals surface area (Å²) in [5, 5.41) is 0. The van der Waals surface area contributed by atoms with Crippen LogP contribution in [0.4, 0.5) is 0 Å². The number of esters is 1. The molecule has 60 valence electrons. The molecule has 0 spiro atoms. The van der Waals surface area contributed by atoms with E-state index < -0.39 is 0 Å². The predicted molar refractivity (Wildman–Crippen MR) is 49.1 cm³/mol. The van der Waals surface area contributed by atoms with Gasteiger partial charge in [0.1, 0.15) is 4.61 Å². The van der Waals surface area contributed by atoms with Gasteiger partial charge in [0, 0.05) is 6.42 Å². The van der Waals surface area contributed by atoms with E-state index in [-0.39, 0.29) is 5.97 Å². The van der Waals surface area contributed by atoms with E-state index in [0.29, 0.717) is 17.0 Å². The molecular weight excluding hydrogens is 243 g/mol. The van der Waals surface area contributed by atoms with E-state index >= 15 is 0 Å². The lowest BCUT2D eigenvalue weighted by Crippen LogP contribution is -2.03. The quantitative estimate of drug-likeness (QED) is 0.438. The lowest BCUT2D eigenvalue weighted by molar-refractivity contribution is -0.141. The van der Waals surface area contributed by atoms with Crippen LogP contribution in [0.2, 0.25) is 0 Å². The van der Waals surface area contributed by atoms with Gasteiger partial charge in [-0.3, -0.25) is 4.79 Å². The van der Waals surface area contributed by atoms with E-state index in [4.69, 9.17) is 4.74 Å². The maximum absolute atomic E-state index is 10.7. The van der Waals surface area contributed by atoms with Gasteiger partial charge in [-0.15, -0.1) is 0 Å². The first-order valence-corrected chi connectivity index (χ1v) is 4.91. The summed E-state index contributed by atoms with van der Waals surface area (Å²) in [6, 6.07) is 0. The summed E-state index contributed by atoms with van der Waals surface area (Å²) in [6.07, 6.45) is 1.48. The molecule has 0 aliphatic heterocycles. The Morgan fingerprint density at radius 3 is 2.60 bits per heavy atom. The van der Waals surface area contributed by atoms with Crippen molar-refractivity contribution in [2.75, 3.05) is 4.61 Å². The highest BCUT2D eigenvalue weighted by Crippen LogP contribution is 2.04. The number of rotatable bonds is 4. The molecule has 0 fully saturated rings. The topological polar surface area (TPSA) is 26.3 Å². The molecule has 0 heterocycles. The number of hydrogen-bond acceptors (Lipinski definition) is 2. The molecule has 0 aromatic heterocycles. The van der Waals surface area contributed by atoms with Crippen LogP contribution in [0.15, 0.2) is 0 Å². The number of ether oxygens (including phenoxy) is 1. The summed E-state index contributed by atoms with van der Waals surface area (Å²) >= 11 is 2.02. The zero-order valence-corrected chi connectivity index (χ0v) is 8.55. The van der Waals surface area contributed by atoms with Gasteiger partial charge in [0.15, 0.2) is 0 Å². The monoisotopic (exact) mass is 256 g/mol. The second-order valence-electron chi connectivity index (χ2n) is 2.56. The first-order chi connectivity index (χ1) is 4.66. The van der Waals surface area contributed by atoms with Crippen molar-refractivity contribution in [3.63, 3.8) is 0 Å². The maximum Gasteiger partial charge on any atom is 0.306 e. The molecule has 0 atom stereocenters. The highest BCUT2D eigenvalue weighted by molar-refractivity contribution is 14.1. The number of carbonyl (C=O) groups excluding carboxylic acids is 1. The first kappa shape index (κ1) is 10.2. The normalized spacial score (nSPS) is 10.0. The van der Waals surface area contributed by atoms with Crippen LogP contribution in [-0.4, -0.2) is 10.6 Å². The smallest absolute Gasteiger partial charge is 0.306 e. The molecule has 0 radical (unpaired) electrons. The van der Waals surface area contributed by atoms with Gasteiger partial charge in [-0.1, -0.05) is 13.8 Å². The zero-order valence-electron chi connectivity index (χ0n) is 6.39. The van der Waals surface area contributed by atoms with Gasteiger partial charge in [-0.2, -0.15) is 0 Å². The van der Waals surface area contributed by atoms with Crippen molar-refractivity contribution in [2.45, 2.75) is 26.7 Å². The van der Waals surface area contributed by atoms with Gasteiger partial charge >= 0.3 is 5.97 Å². The molecule has 0 aliphatic rings. The van der Waals surface area contributed by atoms with Crippen LogP contribution < -0.4 is 0 Å². The molecule has 3 heteroatoms. The van der Waals surface area contributed by atoms with Crippen molar-refractivity contribution in [1.82, 2.24) is 0 Å². The Morgan fingerprint density at radius 1 is 1.60 bits per heavy atom. The molecule has 0 unspecified atom stereocenters. The minimum atomic E-state index is -0.0805. The van der Waals surface area contributed by atoms with Crippen LogP contribution in [0.25, 0.3) is 0 Å². The maximum atomic E-state index is 10.7. The van der Waals surface area contributed by atoms with Gasteiger partial charge in [0.25, 0.3) is 0 Å². The van der Waals surface area contributed by atoms with E-state index in [2.05, 4.69) is 13.8 Å². The van der Waals surface area contributed by atoms with Crippen molar-refractivity contribution in [1.29, 1.82) is 0 Å². The van der Waals surface area contributed by atoms with Crippen LogP contribution in [0.5, 0.6) is 0 Å². The third kappa shape index (κ3) is 6.32. The third-order valence-corrected chi connectivity index (χ3v) is 1.45. The molecular formula is C7H13IO2. The van der Waals surface area contributed by atoms with Gasteiger partial charge in [0.2, 0.25) is 0 Å². The summed E-state index contributed by atoms with van der Waals surface area (Å²) in [5.41, 5.74) is 0. The minimum absolute atomic E-state index is 0.0805. The summed E-state index contributed by atoms with van der Waals surface area (Å²) in [7, 11) is 0. The van der Waals surface area contributed by atoms with Gasteiger partial charge in [-0.05, 0) is 34.9 Å². The number of carbonyl (C=O) groups is 1. The molecule has 0 bridgehead atoms. The number of halogens is 1.